The fourth-order valence-corrected chi connectivity index (χ4v) is 2.60. The lowest BCUT2D eigenvalue weighted by atomic mass is 10.0. The molecule has 2 aromatic rings. The SMILES string of the molecule is CC(=NNC(=O)C1CCCO1)c1cccc2ccccc12. The second-order valence-electron chi connectivity index (χ2n) is 5.20. The van der Waals surface area contributed by atoms with Crippen molar-refractivity contribution in [3.8, 4) is 0 Å². The number of carbonyl (C=O) groups is 1. The van der Waals surface area contributed by atoms with Crippen molar-refractivity contribution in [2.45, 2.75) is 25.9 Å². The Morgan fingerprint density at radius 3 is 2.86 bits per heavy atom. The van der Waals surface area contributed by atoms with Gasteiger partial charge in [-0.05, 0) is 30.5 Å². The van der Waals surface area contributed by atoms with E-state index in [1.807, 2.05) is 31.2 Å². The van der Waals surface area contributed by atoms with Gasteiger partial charge in [-0.15, -0.1) is 0 Å². The minimum atomic E-state index is -0.353. The largest absolute Gasteiger partial charge is 0.368 e. The fourth-order valence-electron chi connectivity index (χ4n) is 2.60. The van der Waals surface area contributed by atoms with Gasteiger partial charge in [0.05, 0.1) is 5.71 Å². The Balaban J connectivity index is 1.81. The molecule has 4 nitrogen and oxygen atoms in total. The first-order valence-electron chi connectivity index (χ1n) is 7.19. The van der Waals surface area contributed by atoms with Crippen LogP contribution in [0.2, 0.25) is 0 Å². The molecule has 1 unspecified atom stereocenters. The molecule has 0 radical (unpaired) electrons. The molecule has 108 valence electrons. The molecule has 2 aromatic carbocycles. The predicted molar refractivity (Wildman–Crippen MR) is 83.3 cm³/mol. The summed E-state index contributed by atoms with van der Waals surface area (Å²) in [6.07, 6.45) is 1.35. The van der Waals surface area contributed by atoms with Gasteiger partial charge in [0.1, 0.15) is 6.10 Å². The molecular formula is C17H18N2O2. The third-order valence-electron chi connectivity index (χ3n) is 3.74. The van der Waals surface area contributed by atoms with Crippen molar-refractivity contribution in [1.82, 2.24) is 5.43 Å². The summed E-state index contributed by atoms with van der Waals surface area (Å²) in [5, 5.41) is 6.52. The molecule has 4 heteroatoms. The average Bonchev–Trinajstić information content (AvgIpc) is 3.06. The van der Waals surface area contributed by atoms with E-state index in [9.17, 15) is 4.79 Å². The van der Waals surface area contributed by atoms with Crippen LogP contribution in [0.1, 0.15) is 25.3 Å². The van der Waals surface area contributed by atoms with Crippen LogP contribution in [0.5, 0.6) is 0 Å². The van der Waals surface area contributed by atoms with Crippen molar-refractivity contribution < 1.29 is 9.53 Å². The Labute approximate surface area is 123 Å². The number of hydrazone groups is 1. The van der Waals surface area contributed by atoms with Crippen LogP contribution >= 0.6 is 0 Å². The third kappa shape index (κ3) is 2.95. The zero-order valence-electron chi connectivity index (χ0n) is 12.0. The van der Waals surface area contributed by atoms with Gasteiger partial charge >= 0.3 is 0 Å². The maximum absolute atomic E-state index is 11.9. The first kappa shape index (κ1) is 13.8. The van der Waals surface area contributed by atoms with E-state index in [0.29, 0.717) is 6.61 Å². The quantitative estimate of drug-likeness (QED) is 0.695. The molecule has 1 aliphatic rings. The summed E-state index contributed by atoms with van der Waals surface area (Å²) < 4.78 is 5.34. The summed E-state index contributed by atoms with van der Waals surface area (Å²) in [7, 11) is 0. The van der Waals surface area contributed by atoms with Gasteiger partial charge < -0.3 is 4.74 Å². The Bertz CT molecular complexity index is 683. The molecule has 0 aromatic heterocycles. The highest BCUT2D eigenvalue weighted by atomic mass is 16.5. The van der Waals surface area contributed by atoms with Crippen LogP contribution in [0.15, 0.2) is 47.6 Å². The number of carbonyl (C=O) groups excluding carboxylic acids is 1. The first-order chi connectivity index (χ1) is 10.3. The number of fused-ring (bicyclic) bond motifs is 1. The molecule has 1 fully saturated rings. The molecule has 0 bridgehead atoms. The molecule has 3 rings (SSSR count). The van der Waals surface area contributed by atoms with Gasteiger partial charge in [0.15, 0.2) is 0 Å². The Kier molecular flexibility index (Phi) is 3.97. The number of amides is 1. The van der Waals surface area contributed by atoms with E-state index in [-0.39, 0.29) is 12.0 Å². The van der Waals surface area contributed by atoms with Crippen LogP contribution in [0, 0.1) is 0 Å². The number of nitrogens with zero attached hydrogens (tertiary/aromatic N) is 1. The van der Waals surface area contributed by atoms with E-state index < -0.39 is 0 Å². The number of nitrogens with one attached hydrogen (secondary N) is 1. The molecule has 0 saturated carbocycles. The number of hydrogen-bond donors (Lipinski definition) is 1. The summed E-state index contributed by atoms with van der Waals surface area (Å²) in [6, 6.07) is 14.2. The van der Waals surface area contributed by atoms with Gasteiger partial charge in [0.2, 0.25) is 0 Å². The van der Waals surface area contributed by atoms with E-state index in [1.54, 1.807) is 0 Å². The zero-order chi connectivity index (χ0) is 14.7. The monoisotopic (exact) mass is 282 g/mol. The van der Waals surface area contributed by atoms with E-state index in [2.05, 4.69) is 28.7 Å². The van der Waals surface area contributed by atoms with Gasteiger partial charge in [0, 0.05) is 12.2 Å². The van der Waals surface area contributed by atoms with Crippen LogP contribution in [-0.2, 0) is 9.53 Å². The van der Waals surface area contributed by atoms with Crippen LogP contribution in [0.3, 0.4) is 0 Å². The number of hydrogen-bond acceptors (Lipinski definition) is 3. The van der Waals surface area contributed by atoms with Crippen LogP contribution < -0.4 is 5.43 Å². The summed E-state index contributed by atoms with van der Waals surface area (Å²) in [5.74, 6) is -0.160. The van der Waals surface area contributed by atoms with Gasteiger partial charge in [-0.2, -0.15) is 5.10 Å². The molecule has 1 saturated heterocycles. The van der Waals surface area contributed by atoms with Crippen molar-refractivity contribution in [2.75, 3.05) is 6.61 Å². The molecular weight excluding hydrogens is 264 g/mol. The van der Waals surface area contributed by atoms with Gasteiger partial charge in [-0.3, -0.25) is 4.79 Å². The van der Waals surface area contributed by atoms with Gasteiger partial charge in [-0.25, -0.2) is 5.43 Å². The fraction of sp³-hybridized carbons (Fsp3) is 0.294. The molecule has 1 aliphatic heterocycles. The van der Waals surface area contributed by atoms with E-state index in [0.717, 1.165) is 34.9 Å². The summed E-state index contributed by atoms with van der Waals surface area (Å²) in [6.45, 7) is 2.56. The molecule has 0 aliphatic carbocycles. The van der Waals surface area contributed by atoms with Crippen molar-refractivity contribution in [2.24, 2.45) is 5.10 Å². The van der Waals surface area contributed by atoms with E-state index in [1.165, 1.54) is 0 Å². The molecule has 1 atom stereocenters. The molecule has 1 N–H and O–H groups in total. The first-order valence-corrected chi connectivity index (χ1v) is 7.19. The minimum absolute atomic E-state index is 0.160. The summed E-state index contributed by atoms with van der Waals surface area (Å²) >= 11 is 0. The van der Waals surface area contributed by atoms with Crippen LogP contribution in [0.4, 0.5) is 0 Å². The second-order valence-corrected chi connectivity index (χ2v) is 5.20. The smallest absolute Gasteiger partial charge is 0.269 e. The average molecular weight is 282 g/mol. The van der Waals surface area contributed by atoms with Crippen molar-refractivity contribution in [1.29, 1.82) is 0 Å². The Morgan fingerprint density at radius 1 is 1.24 bits per heavy atom. The second kappa shape index (κ2) is 6.06. The number of ether oxygens (including phenoxy) is 1. The maximum atomic E-state index is 11.9. The highest BCUT2D eigenvalue weighted by Gasteiger charge is 2.23. The molecule has 0 spiro atoms. The molecule has 21 heavy (non-hydrogen) atoms. The third-order valence-corrected chi connectivity index (χ3v) is 3.74. The van der Waals surface area contributed by atoms with Crippen LogP contribution in [-0.4, -0.2) is 24.3 Å². The maximum Gasteiger partial charge on any atom is 0.269 e. The van der Waals surface area contributed by atoms with Gasteiger partial charge in [0.25, 0.3) is 5.91 Å². The van der Waals surface area contributed by atoms with Crippen molar-refractivity contribution >= 4 is 22.4 Å². The summed E-state index contributed by atoms with van der Waals surface area (Å²) in [5.41, 5.74) is 4.43. The predicted octanol–water partition coefficient (Wildman–Crippen LogP) is 2.86. The number of benzene rings is 2. The molecule has 1 heterocycles. The topological polar surface area (TPSA) is 50.7 Å². The van der Waals surface area contributed by atoms with E-state index >= 15 is 0 Å². The van der Waals surface area contributed by atoms with Crippen molar-refractivity contribution in [3.63, 3.8) is 0 Å². The highest BCUT2D eigenvalue weighted by molar-refractivity contribution is 6.09. The zero-order valence-corrected chi connectivity index (χ0v) is 12.0. The van der Waals surface area contributed by atoms with Crippen LogP contribution in [0.25, 0.3) is 10.8 Å². The normalized spacial score (nSPS) is 18.9. The van der Waals surface area contributed by atoms with Gasteiger partial charge in [-0.1, -0.05) is 42.5 Å². The standard InChI is InChI=1S/C17H18N2O2/c1-12(18-19-17(20)16-10-5-11-21-16)14-9-4-7-13-6-2-3-8-15(13)14/h2-4,6-9,16H,5,10-11H2,1H3,(H,19,20). The lowest BCUT2D eigenvalue weighted by molar-refractivity contribution is -0.130. The Hall–Kier alpha value is -2.20. The lowest BCUT2D eigenvalue weighted by Gasteiger charge is -2.09. The minimum Gasteiger partial charge on any atom is -0.368 e. The van der Waals surface area contributed by atoms with E-state index in [4.69, 9.17) is 4.74 Å². The van der Waals surface area contributed by atoms with Crippen molar-refractivity contribution in [3.05, 3.63) is 48.0 Å². The number of rotatable bonds is 3. The lowest BCUT2D eigenvalue weighted by Crippen LogP contribution is -2.31. The highest BCUT2D eigenvalue weighted by Crippen LogP contribution is 2.19. The Morgan fingerprint density at radius 2 is 2.05 bits per heavy atom. The molecule has 1 amide bonds. The summed E-state index contributed by atoms with van der Waals surface area (Å²) in [4.78, 5) is 11.9.